The topological polar surface area (TPSA) is 74.6 Å². The molecule has 0 aliphatic heterocycles. The van der Waals surface area contributed by atoms with Gasteiger partial charge in [0.25, 0.3) is 0 Å². The highest BCUT2D eigenvalue weighted by Crippen LogP contribution is 2.06. The molecule has 0 heterocycles. The lowest BCUT2D eigenvalue weighted by atomic mass is 10.1. The van der Waals surface area contributed by atoms with Crippen LogP contribution in [0.5, 0.6) is 0 Å². The van der Waals surface area contributed by atoms with Crippen LogP contribution in [-0.4, -0.2) is 22.2 Å². The Kier molecular flexibility index (Phi) is 25.8. The SMILES string of the molecule is C=CC.C=CC.O=C(O)CCCCCCCC(=O)O. The summed E-state index contributed by atoms with van der Waals surface area (Å²) in [7, 11) is 0. The largest absolute Gasteiger partial charge is 0.481 e. The molecule has 0 aliphatic carbocycles. The molecule has 0 atom stereocenters. The predicted molar refractivity (Wildman–Crippen MR) is 79.3 cm³/mol. The van der Waals surface area contributed by atoms with Gasteiger partial charge in [-0.1, -0.05) is 31.4 Å². The van der Waals surface area contributed by atoms with E-state index in [0.29, 0.717) is 12.8 Å². The zero-order chi connectivity index (χ0) is 15.5. The van der Waals surface area contributed by atoms with E-state index in [0.717, 1.165) is 19.3 Å². The minimum Gasteiger partial charge on any atom is -0.481 e. The average molecular weight is 272 g/mol. The van der Waals surface area contributed by atoms with E-state index in [-0.39, 0.29) is 12.8 Å². The first-order valence-corrected chi connectivity index (χ1v) is 6.53. The highest BCUT2D eigenvalue weighted by molar-refractivity contribution is 5.66. The van der Waals surface area contributed by atoms with Gasteiger partial charge in [-0.2, -0.15) is 0 Å². The van der Waals surface area contributed by atoms with Gasteiger partial charge >= 0.3 is 11.9 Å². The Hall–Kier alpha value is -1.58. The molecule has 0 aromatic carbocycles. The fourth-order valence-electron chi connectivity index (χ4n) is 1.08. The van der Waals surface area contributed by atoms with E-state index in [2.05, 4.69) is 13.2 Å². The van der Waals surface area contributed by atoms with E-state index >= 15 is 0 Å². The molecule has 112 valence electrons. The van der Waals surface area contributed by atoms with Crippen molar-refractivity contribution in [3.63, 3.8) is 0 Å². The summed E-state index contributed by atoms with van der Waals surface area (Å²) in [4.78, 5) is 20.2. The van der Waals surface area contributed by atoms with Crippen molar-refractivity contribution in [3.05, 3.63) is 25.3 Å². The Morgan fingerprint density at radius 3 is 1.21 bits per heavy atom. The first-order chi connectivity index (χ1) is 8.95. The molecule has 4 nitrogen and oxygen atoms in total. The minimum atomic E-state index is -0.759. The van der Waals surface area contributed by atoms with Crippen molar-refractivity contribution in [1.29, 1.82) is 0 Å². The van der Waals surface area contributed by atoms with Crippen molar-refractivity contribution in [2.75, 3.05) is 0 Å². The van der Waals surface area contributed by atoms with Gasteiger partial charge in [0.05, 0.1) is 0 Å². The number of carboxylic acids is 2. The van der Waals surface area contributed by atoms with Crippen LogP contribution in [0.25, 0.3) is 0 Å². The fourth-order valence-corrected chi connectivity index (χ4v) is 1.08. The molecule has 0 amide bonds. The Morgan fingerprint density at radius 1 is 0.789 bits per heavy atom. The van der Waals surface area contributed by atoms with Crippen LogP contribution in [0.4, 0.5) is 0 Å². The standard InChI is InChI=1S/C9H16O4.2C3H6/c10-8(11)6-4-2-1-3-5-7-9(12)13;2*1-3-2/h1-7H2,(H,10,11)(H,12,13);2*3H,1H2,2H3. The molecule has 0 rings (SSSR count). The molecule has 19 heavy (non-hydrogen) atoms. The molecule has 0 unspecified atom stereocenters. The average Bonchev–Trinajstić information content (AvgIpc) is 2.29. The van der Waals surface area contributed by atoms with Crippen molar-refractivity contribution in [2.45, 2.75) is 58.8 Å². The molecule has 0 radical (unpaired) electrons. The molecule has 0 saturated carbocycles. The lowest BCUT2D eigenvalue weighted by molar-refractivity contribution is -0.138. The zero-order valence-corrected chi connectivity index (χ0v) is 12.2. The van der Waals surface area contributed by atoms with E-state index in [9.17, 15) is 9.59 Å². The van der Waals surface area contributed by atoms with Crippen LogP contribution in [0, 0.1) is 0 Å². The number of unbranched alkanes of at least 4 members (excludes halogenated alkanes) is 4. The van der Waals surface area contributed by atoms with Gasteiger partial charge in [-0.15, -0.1) is 13.2 Å². The second-order valence-corrected chi connectivity index (χ2v) is 3.87. The molecule has 0 fully saturated rings. The third kappa shape index (κ3) is 48.2. The van der Waals surface area contributed by atoms with Crippen LogP contribution in [0.15, 0.2) is 25.3 Å². The van der Waals surface area contributed by atoms with Crippen LogP contribution in [0.1, 0.15) is 58.8 Å². The molecule has 4 heteroatoms. The summed E-state index contributed by atoms with van der Waals surface area (Å²) in [5.41, 5.74) is 0. The summed E-state index contributed by atoms with van der Waals surface area (Å²) >= 11 is 0. The van der Waals surface area contributed by atoms with Gasteiger partial charge in [0.1, 0.15) is 0 Å². The number of hydrogen-bond acceptors (Lipinski definition) is 2. The van der Waals surface area contributed by atoms with Gasteiger partial charge in [-0.05, 0) is 26.7 Å². The molecule has 0 saturated heterocycles. The van der Waals surface area contributed by atoms with Crippen LogP contribution in [0.2, 0.25) is 0 Å². The van der Waals surface area contributed by atoms with Gasteiger partial charge in [0.15, 0.2) is 0 Å². The van der Waals surface area contributed by atoms with E-state index in [4.69, 9.17) is 10.2 Å². The predicted octanol–water partition coefficient (Wildman–Crippen LogP) is 4.27. The van der Waals surface area contributed by atoms with Gasteiger partial charge in [0.2, 0.25) is 0 Å². The quantitative estimate of drug-likeness (QED) is 0.511. The smallest absolute Gasteiger partial charge is 0.303 e. The Balaban J connectivity index is -0.000000360. The van der Waals surface area contributed by atoms with Crippen molar-refractivity contribution < 1.29 is 19.8 Å². The first-order valence-electron chi connectivity index (χ1n) is 6.53. The van der Waals surface area contributed by atoms with Crippen LogP contribution in [-0.2, 0) is 9.59 Å². The Labute approximate surface area is 116 Å². The second-order valence-electron chi connectivity index (χ2n) is 3.87. The van der Waals surface area contributed by atoms with Crippen molar-refractivity contribution in [2.24, 2.45) is 0 Å². The maximum atomic E-state index is 10.1. The number of rotatable bonds is 8. The van der Waals surface area contributed by atoms with Crippen LogP contribution in [0.3, 0.4) is 0 Å². The maximum Gasteiger partial charge on any atom is 0.303 e. The third-order valence-corrected chi connectivity index (χ3v) is 1.78. The summed E-state index contributed by atoms with van der Waals surface area (Å²) in [6.45, 7) is 10.5. The monoisotopic (exact) mass is 272 g/mol. The summed E-state index contributed by atoms with van der Waals surface area (Å²) in [6.07, 6.45) is 8.03. The molecule has 0 bridgehead atoms. The third-order valence-electron chi connectivity index (χ3n) is 1.78. The molecule has 0 spiro atoms. The molecule has 0 aromatic rings. The van der Waals surface area contributed by atoms with E-state index in [1.807, 2.05) is 13.8 Å². The highest BCUT2D eigenvalue weighted by Gasteiger charge is 1.98. The number of allylic oxidation sites excluding steroid dienone is 2. The minimum absolute atomic E-state index is 0.221. The summed E-state index contributed by atoms with van der Waals surface area (Å²) in [5.74, 6) is -1.52. The summed E-state index contributed by atoms with van der Waals surface area (Å²) in [6, 6.07) is 0. The first kappa shape index (κ1) is 22.6. The molecule has 0 aliphatic rings. The second kappa shape index (κ2) is 21.7. The van der Waals surface area contributed by atoms with Crippen molar-refractivity contribution in [1.82, 2.24) is 0 Å². The number of carboxylic acid groups (broad SMARTS) is 2. The summed E-state index contributed by atoms with van der Waals surface area (Å²) in [5, 5.41) is 16.6. The number of carbonyl (C=O) groups is 2. The van der Waals surface area contributed by atoms with E-state index < -0.39 is 11.9 Å². The van der Waals surface area contributed by atoms with Gasteiger partial charge in [-0.3, -0.25) is 9.59 Å². The van der Waals surface area contributed by atoms with Crippen LogP contribution >= 0.6 is 0 Å². The van der Waals surface area contributed by atoms with Crippen LogP contribution < -0.4 is 0 Å². The zero-order valence-electron chi connectivity index (χ0n) is 12.2. The molecular weight excluding hydrogens is 244 g/mol. The highest BCUT2D eigenvalue weighted by atomic mass is 16.4. The number of aliphatic carboxylic acids is 2. The van der Waals surface area contributed by atoms with Gasteiger partial charge in [-0.25, -0.2) is 0 Å². The Bertz CT molecular complexity index is 210. The normalized spacial score (nSPS) is 8.11. The lowest BCUT2D eigenvalue weighted by Crippen LogP contribution is -1.95. The fraction of sp³-hybridized carbons (Fsp3) is 0.600. The lowest BCUT2D eigenvalue weighted by Gasteiger charge is -1.97. The van der Waals surface area contributed by atoms with Gasteiger partial charge in [0, 0.05) is 12.8 Å². The van der Waals surface area contributed by atoms with Gasteiger partial charge < -0.3 is 10.2 Å². The number of hydrogen-bond donors (Lipinski definition) is 2. The Morgan fingerprint density at radius 2 is 1.00 bits per heavy atom. The molecule has 0 aromatic heterocycles. The summed E-state index contributed by atoms with van der Waals surface area (Å²) < 4.78 is 0. The van der Waals surface area contributed by atoms with Crippen molar-refractivity contribution >= 4 is 11.9 Å². The van der Waals surface area contributed by atoms with E-state index in [1.54, 1.807) is 12.2 Å². The van der Waals surface area contributed by atoms with E-state index in [1.165, 1.54) is 0 Å². The molecular formula is C15H28O4. The molecule has 2 N–H and O–H groups in total. The van der Waals surface area contributed by atoms with Crippen molar-refractivity contribution in [3.8, 4) is 0 Å². The maximum absolute atomic E-state index is 10.1.